The van der Waals surface area contributed by atoms with Crippen molar-refractivity contribution in [2.75, 3.05) is 0 Å². The van der Waals surface area contributed by atoms with Gasteiger partial charge in [0.1, 0.15) is 6.10 Å². The summed E-state index contributed by atoms with van der Waals surface area (Å²) in [7, 11) is -4.45. The summed E-state index contributed by atoms with van der Waals surface area (Å²) in [6, 6.07) is 27.1. The molecular weight excluding hydrogens is 485 g/mol. The Labute approximate surface area is 210 Å². The van der Waals surface area contributed by atoms with E-state index in [2.05, 4.69) is 0 Å². The highest BCUT2D eigenvalue weighted by Gasteiger charge is 2.54. The molecule has 190 valence electrons. The third-order valence-corrected chi connectivity index (χ3v) is 7.24. The van der Waals surface area contributed by atoms with Gasteiger partial charge in [-0.05, 0) is 16.7 Å². The van der Waals surface area contributed by atoms with E-state index in [0.29, 0.717) is 11.1 Å². The van der Waals surface area contributed by atoms with Gasteiger partial charge >= 0.3 is 7.82 Å². The van der Waals surface area contributed by atoms with E-state index < -0.39 is 31.9 Å². The average Bonchev–Trinajstić information content (AvgIpc) is 2.91. The summed E-state index contributed by atoms with van der Waals surface area (Å²) in [5.74, 6) is -4.53. The third-order valence-electron chi connectivity index (χ3n) is 5.87. The molecule has 0 radical (unpaired) electrons. The predicted octanol–water partition coefficient (Wildman–Crippen LogP) is 7.34. The molecule has 3 aromatic carbocycles. The number of halogens is 2. The molecule has 0 saturated heterocycles. The first-order valence-corrected chi connectivity index (χ1v) is 13.2. The van der Waals surface area contributed by atoms with Gasteiger partial charge in [0.25, 0.3) is 5.92 Å². The fourth-order valence-electron chi connectivity index (χ4n) is 3.72. The number of allylic oxidation sites excluding steroid dienone is 1. The van der Waals surface area contributed by atoms with Gasteiger partial charge < -0.3 is 4.74 Å². The molecule has 3 atom stereocenters. The second-order valence-electron chi connectivity index (χ2n) is 8.60. The second-order valence-corrected chi connectivity index (χ2v) is 10.2. The van der Waals surface area contributed by atoms with Crippen molar-refractivity contribution in [1.82, 2.24) is 0 Å². The first-order chi connectivity index (χ1) is 17.4. The molecule has 5 nitrogen and oxygen atoms in total. The molecule has 0 aromatic heterocycles. The number of phosphoric ester groups is 1. The number of benzene rings is 3. The van der Waals surface area contributed by atoms with E-state index in [1.54, 1.807) is 48.5 Å². The maximum atomic E-state index is 15.4. The highest BCUT2D eigenvalue weighted by atomic mass is 31.2. The maximum absolute atomic E-state index is 15.4. The van der Waals surface area contributed by atoms with Gasteiger partial charge in [0, 0.05) is 5.92 Å². The highest BCUT2D eigenvalue weighted by molar-refractivity contribution is 7.48. The Bertz CT molecular complexity index is 1110. The number of rotatable bonds is 11. The molecule has 0 amide bonds. The lowest BCUT2D eigenvalue weighted by atomic mass is 9.89. The van der Waals surface area contributed by atoms with Crippen molar-refractivity contribution in [1.29, 1.82) is 0 Å². The van der Waals surface area contributed by atoms with Crippen LogP contribution in [0.4, 0.5) is 8.78 Å². The van der Waals surface area contributed by atoms with Gasteiger partial charge in [-0.25, -0.2) is 13.3 Å². The lowest BCUT2D eigenvalue weighted by molar-refractivity contribution is -0.177. The molecule has 3 aromatic rings. The SMILES string of the molecule is C[C@H]1C=C[C@@H](OCc2ccccc2)[C@@H](OP(=O)(OCc2ccccc2)OCc2ccccc2)C1(F)F. The van der Waals surface area contributed by atoms with Gasteiger partial charge in [-0.3, -0.25) is 13.6 Å². The van der Waals surface area contributed by atoms with Crippen molar-refractivity contribution in [3.63, 3.8) is 0 Å². The summed E-state index contributed by atoms with van der Waals surface area (Å²) in [6.45, 7) is 1.19. The van der Waals surface area contributed by atoms with Crippen LogP contribution in [0.3, 0.4) is 0 Å². The third kappa shape index (κ3) is 6.96. The fraction of sp³-hybridized carbons (Fsp3) is 0.286. The number of ether oxygens (including phenoxy) is 1. The molecule has 36 heavy (non-hydrogen) atoms. The largest absolute Gasteiger partial charge is 0.476 e. The molecule has 8 heteroatoms. The maximum Gasteiger partial charge on any atom is 0.476 e. The fourth-order valence-corrected chi connectivity index (χ4v) is 5.07. The predicted molar refractivity (Wildman–Crippen MR) is 133 cm³/mol. The van der Waals surface area contributed by atoms with Crippen LogP contribution in [-0.2, 0) is 42.7 Å². The molecule has 0 aliphatic heterocycles. The zero-order valence-electron chi connectivity index (χ0n) is 19.9. The van der Waals surface area contributed by atoms with Crippen LogP contribution in [0.5, 0.6) is 0 Å². The number of hydrogen-bond acceptors (Lipinski definition) is 5. The molecule has 0 heterocycles. The van der Waals surface area contributed by atoms with E-state index in [0.717, 1.165) is 5.56 Å². The normalized spacial score (nSPS) is 21.4. The molecule has 4 rings (SSSR count). The Morgan fingerprint density at radius 3 is 1.64 bits per heavy atom. The lowest BCUT2D eigenvalue weighted by Crippen LogP contribution is -2.50. The number of hydrogen-bond donors (Lipinski definition) is 0. The van der Waals surface area contributed by atoms with E-state index in [9.17, 15) is 4.57 Å². The minimum Gasteiger partial charge on any atom is -0.366 e. The minimum atomic E-state index is -4.45. The Morgan fingerprint density at radius 2 is 1.17 bits per heavy atom. The van der Waals surface area contributed by atoms with Gasteiger partial charge in [-0.2, -0.15) is 0 Å². The van der Waals surface area contributed by atoms with E-state index >= 15 is 8.78 Å². The highest BCUT2D eigenvalue weighted by Crippen LogP contribution is 2.55. The van der Waals surface area contributed by atoms with Crippen molar-refractivity contribution < 1.29 is 31.7 Å². The standard InChI is InChI=1S/C28H29F2O5P/c1-22-17-18-26(32-19-23-11-5-2-6-12-23)27(28(22,29)30)35-36(31,33-20-24-13-7-3-8-14-24)34-21-25-15-9-4-10-16-25/h2-18,22,26-27H,19-21H2,1H3/t22-,26+,27+/m0/s1. The van der Waals surface area contributed by atoms with E-state index in [4.69, 9.17) is 18.3 Å². The monoisotopic (exact) mass is 514 g/mol. The van der Waals surface area contributed by atoms with Gasteiger partial charge in [0.2, 0.25) is 0 Å². The van der Waals surface area contributed by atoms with Gasteiger partial charge in [0.15, 0.2) is 6.10 Å². The van der Waals surface area contributed by atoms with Crippen LogP contribution in [-0.4, -0.2) is 18.1 Å². The van der Waals surface area contributed by atoms with Crippen LogP contribution in [0.1, 0.15) is 23.6 Å². The van der Waals surface area contributed by atoms with Crippen LogP contribution in [0.25, 0.3) is 0 Å². The Morgan fingerprint density at radius 1 is 0.722 bits per heavy atom. The summed E-state index contributed by atoms with van der Waals surface area (Å²) >= 11 is 0. The zero-order chi connectivity index (χ0) is 25.4. The molecule has 0 spiro atoms. The summed E-state index contributed by atoms with van der Waals surface area (Å²) in [6.07, 6.45) is -0.131. The van der Waals surface area contributed by atoms with Crippen molar-refractivity contribution in [2.24, 2.45) is 5.92 Å². The molecule has 0 N–H and O–H groups in total. The number of phosphoric acid groups is 1. The van der Waals surface area contributed by atoms with Crippen molar-refractivity contribution in [3.8, 4) is 0 Å². The summed E-state index contributed by atoms with van der Waals surface area (Å²) in [4.78, 5) is 0. The Hall–Kier alpha value is -2.67. The Balaban J connectivity index is 1.55. The molecule has 0 bridgehead atoms. The summed E-state index contributed by atoms with van der Waals surface area (Å²) in [5.41, 5.74) is 2.21. The van der Waals surface area contributed by atoms with Crippen LogP contribution in [0.15, 0.2) is 103 Å². The van der Waals surface area contributed by atoms with E-state index in [1.807, 2.05) is 42.5 Å². The van der Waals surface area contributed by atoms with Crippen molar-refractivity contribution in [3.05, 3.63) is 120 Å². The first kappa shape index (κ1) is 26.4. The second kappa shape index (κ2) is 12.0. The quantitative estimate of drug-likeness (QED) is 0.198. The van der Waals surface area contributed by atoms with Gasteiger partial charge in [-0.15, -0.1) is 0 Å². The van der Waals surface area contributed by atoms with E-state index in [1.165, 1.54) is 19.1 Å². The minimum absolute atomic E-state index is 0.0835. The first-order valence-electron chi connectivity index (χ1n) is 11.7. The number of alkyl halides is 2. The van der Waals surface area contributed by atoms with Crippen LogP contribution in [0.2, 0.25) is 0 Å². The van der Waals surface area contributed by atoms with Crippen LogP contribution in [0, 0.1) is 5.92 Å². The topological polar surface area (TPSA) is 54.0 Å². The smallest absolute Gasteiger partial charge is 0.366 e. The summed E-state index contributed by atoms with van der Waals surface area (Å²) in [5, 5.41) is 0. The Kier molecular flexibility index (Phi) is 8.83. The molecule has 1 aliphatic carbocycles. The van der Waals surface area contributed by atoms with Gasteiger partial charge in [-0.1, -0.05) is 110 Å². The van der Waals surface area contributed by atoms with Gasteiger partial charge in [0.05, 0.1) is 19.8 Å². The average molecular weight is 515 g/mol. The van der Waals surface area contributed by atoms with Crippen LogP contribution >= 0.6 is 7.82 Å². The van der Waals surface area contributed by atoms with Crippen LogP contribution < -0.4 is 0 Å². The lowest BCUT2D eigenvalue weighted by Gasteiger charge is -2.38. The molecular formula is C28H29F2O5P. The van der Waals surface area contributed by atoms with E-state index in [-0.39, 0.29) is 19.8 Å². The van der Waals surface area contributed by atoms with Crippen molar-refractivity contribution >= 4 is 7.82 Å². The zero-order valence-corrected chi connectivity index (χ0v) is 20.8. The molecule has 0 unspecified atom stereocenters. The molecule has 0 fully saturated rings. The summed E-state index contributed by atoms with van der Waals surface area (Å²) < 4.78 is 67.1. The molecule has 1 aliphatic rings. The molecule has 0 saturated carbocycles. The van der Waals surface area contributed by atoms with Crippen molar-refractivity contribution in [2.45, 2.75) is 44.9 Å².